The SMILES string of the molecule is CCc1ccc(-c2csc(NC(=O)COC(=O)c3cccc(CN4C(=O)CSC4=O)c3)n2)cc1. The zero-order valence-corrected chi connectivity index (χ0v) is 19.9. The van der Waals surface area contributed by atoms with E-state index in [1.807, 2.05) is 29.6 Å². The fourth-order valence-corrected chi connectivity index (χ4v) is 4.72. The Kier molecular flexibility index (Phi) is 7.39. The minimum atomic E-state index is -0.679. The molecule has 0 saturated carbocycles. The van der Waals surface area contributed by atoms with Crippen LogP contribution in [-0.4, -0.2) is 45.3 Å². The predicted molar refractivity (Wildman–Crippen MR) is 131 cm³/mol. The summed E-state index contributed by atoms with van der Waals surface area (Å²) >= 11 is 2.24. The smallest absolute Gasteiger partial charge is 0.338 e. The first-order valence-electron chi connectivity index (χ1n) is 10.5. The number of imide groups is 1. The van der Waals surface area contributed by atoms with Gasteiger partial charge in [0.2, 0.25) is 5.91 Å². The zero-order valence-electron chi connectivity index (χ0n) is 18.3. The molecule has 0 atom stereocenters. The Balaban J connectivity index is 1.30. The number of rotatable bonds is 8. The molecule has 1 aliphatic rings. The molecule has 10 heteroatoms. The fourth-order valence-electron chi connectivity index (χ4n) is 3.26. The van der Waals surface area contributed by atoms with Crippen LogP contribution in [0.5, 0.6) is 0 Å². The number of esters is 1. The van der Waals surface area contributed by atoms with E-state index in [1.54, 1.807) is 24.3 Å². The number of carbonyl (C=O) groups excluding carboxylic acids is 4. The van der Waals surface area contributed by atoms with Crippen molar-refractivity contribution in [1.29, 1.82) is 0 Å². The number of nitrogens with zero attached hydrogens (tertiary/aromatic N) is 2. The molecule has 3 amide bonds. The van der Waals surface area contributed by atoms with Crippen molar-refractivity contribution in [2.45, 2.75) is 19.9 Å². The second-order valence-electron chi connectivity index (χ2n) is 7.45. The summed E-state index contributed by atoms with van der Waals surface area (Å²) in [6, 6.07) is 14.5. The maximum absolute atomic E-state index is 12.4. The van der Waals surface area contributed by atoms with Gasteiger partial charge >= 0.3 is 5.97 Å². The first-order valence-corrected chi connectivity index (χ1v) is 12.4. The molecule has 0 bridgehead atoms. The molecule has 1 aliphatic heterocycles. The van der Waals surface area contributed by atoms with E-state index in [1.165, 1.54) is 16.9 Å². The van der Waals surface area contributed by atoms with Gasteiger partial charge in [-0.05, 0) is 29.7 Å². The van der Waals surface area contributed by atoms with Gasteiger partial charge in [-0.1, -0.05) is 55.1 Å². The molecule has 1 fully saturated rings. The highest BCUT2D eigenvalue weighted by atomic mass is 32.2. The normalized spacial score (nSPS) is 13.3. The van der Waals surface area contributed by atoms with Crippen LogP contribution in [0.25, 0.3) is 11.3 Å². The summed E-state index contributed by atoms with van der Waals surface area (Å²) in [4.78, 5) is 53.8. The van der Waals surface area contributed by atoms with Crippen molar-refractivity contribution < 1.29 is 23.9 Å². The van der Waals surface area contributed by atoms with E-state index in [9.17, 15) is 19.2 Å². The van der Waals surface area contributed by atoms with E-state index in [4.69, 9.17) is 4.74 Å². The van der Waals surface area contributed by atoms with Crippen LogP contribution in [-0.2, 0) is 27.3 Å². The Morgan fingerprint density at radius 2 is 1.91 bits per heavy atom. The molecule has 4 rings (SSSR count). The Morgan fingerprint density at radius 3 is 2.62 bits per heavy atom. The van der Waals surface area contributed by atoms with Crippen LogP contribution in [0.15, 0.2) is 53.9 Å². The summed E-state index contributed by atoms with van der Waals surface area (Å²) in [5, 5.41) is 4.59. The molecule has 0 unspecified atom stereocenters. The summed E-state index contributed by atoms with van der Waals surface area (Å²) in [5.41, 5.74) is 3.78. The van der Waals surface area contributed by atoms with Crippen LogP contribution in [0.3, 0.4) is 0 Å². The van der Waals surface area contributed by atoms with Gasteiger partial charge in [0.15, 0.2) is 11.7 Å². The van der Waals surface area contributed by atoms with E-state index in [0.717, 1.165) is 34.3 Å². The fraction of sp³-hybridized carbons (Fsp3) is 0.208. The lowest BCUT2D eigenvalue weighted by Gasteiger charge is -2.13. The summed E-state index contributed by atoms with van der Waals surface area (Å²) in [7, 11) is 0. The third-order valence-electron chi connectivity index (χ3n) is 5.09. The number of amides is 3. The van der Waals surface area contributed by atoms with Crippen molar-refractivity contribution in [3.8, 4) is 11.3 Å². The average molecular weight is 496 g/mol. The van der Waals surface area contributed by atoms with Crippen molar-refractivity contribution in [1.82, 2.24) is 9.88 Å². The van der Waals surface area contributed by atoms with E-state index in [-0.39, 0.29) is 29.0 Å². The van der Waals surface area contributed by atoms with Crippen LogP contribution >= 0.6 is 23.1 Å². The molecule has 8 nitrogen and oxygen atoms in total. The Hall–Kier alpha value is -3.50. The lowest BCUT2D eigenvalue weighted by atomic mass is 10.1. The molecule has 0 radical (unpaired) electrons. The molecule has 3 aromatic rings. The summed E-state index contributed by atoms with van der Waals surface area (Å²) < 4.78 is 5.12. The van der Waals surface area contributed by atoms with E-state index >= 15 is 0 Å². The van der Waals surface area contributed by atoms with Crippen LogP contribution in [0.1, 0.15) is 28.4 Å². The van der Waals surface area contributed by atoms with Gasteiger partial charge in [0, 0.05) is 10.9 Å². The summed E-state index contributed by atoms with van der Waals surface area (Å²) in [6.07, 6.45) is 0.957. The molecule has 2 heterocycles. The third kappa shape index (κ3) is 5.70. The first-order chi connectivity index (χ1) is 16.4. The summed E-state index contributed by atoms with van der Waals surface area (Å²) in [6.45, 7) is 1.70. The van der Waals surface area contributed by atoms with Gasteiger partial charge in [-0.2, -0.15) is 0 Å². The van der Waals surface area contributed by atoms with Gasteiger partial charge < -0.3 is 4.74 Å². The highest BCUT2D eigenvalue weighted by Gasteiger charge is 2.29. The number of thiazole rings is 1. The van der Waals surface area contributed by atoms with Crippen molar-refractivity contribution >= 4 is 51.3 Å². The molecule has 0 spiro atoms. The van der Waals surface area contributed by atoms with Crippen LogP contribution in [0.2, 0.25) is 0 Å². The average Bonchev–Trinajstić information content (AvgIpc) is 3.44. The monoisotopic (exact) mass is 495 g/mol. The highest BCUT2D eigenvalue weighted by Crippen LogP contribution is 2.25. The topological polar surface area (TPSA) is 106 Å². The molecule has 34 heavy (non-hydrogen) atoms. The molecule has 1 N–H and O–H groups in total. The molecule has 174 valence electrons. The van der Waals surface area contributed by atoms with Gasteiger partial charge in [-0.15, -0.1) is 11.3 Å². The lowest BCUT2D eigenvalue weighted by molar-refractivity contribution is -0.125. The molecular weight excluding hydrogens is 474 g/mol. The summed E-state index contributed by atoms with van der Waals surface area (Å²) in [5.74, 6) is -1.32. The van der Waals surface area contributed by atoms with Gasteiger partial charge in [-0.25, -0.2) is 9.78 Å². The zero-order chi connectivity index (χ0) is 24.1. The Bertz CT molecular complexity index is 1220. The van der Waals surface area contributed by atoms with E-state index in [0.29, 0.717) is 10.7 Å². The number of benzene rings is 2. The molecule has 0 aliphatic carbocycles. The van der Waals surface area contributed by atoms with Gasteiger partial charge in [0.05, 0.1) is 23.6 Å². The molecule has 1 saturated heterocycles. The maximum Gasteiger partial charge on any atom is 0.338 e. The number of carbonyl (C=O) groups is 4. The Morgan fingerprint density at radius 1 is 1.12 bits per heavy atom. The number of thioether (sulfide) groups is 1. The number of ether oxygens (including phenoxy) is 1. The lowest BCUT2D eigenvalue weighted by Crippen LogP contribution is -2.28. The standard InChI is InChI=1S/C24H21N3O5S2/c1-2-15-6-8-17(9-7-15)19-13-33-23(25-19)26-20(28)12-32-22(30)18-5-3-4-16(10-18)11-27-21(29)14-34-24(27)31/h3-10,13H,2,11-12,14H2,1H3,(H,25,26,28). The largest absolute Gasteiger partial charge is 0.452 e. The Labute approximate surface area is 204 Å². The highest BCUT2D eigenvalue weighted by molar-refractivity contribution is 8.14. The van der Waals surface area contributed by atoms with Crippen LogP contribution in [0.4, 0.5) is 9.93 Å². The second kappa shape index (κ2) is 10.6. The first kappa shape index (κ1) is 23.7. The minimum absolute atomic E-state index is 0.0832. The van der Waals surface area contributed by atoms with Crippen molar-refractivity contribution in [2.75, 3.05) is 17.7 Å². The number of hydrogen-bond donors (Lipinski definition) is 1. The van der Waals surface area contributed by atoms with Crippen molar-refractivity contribution in [3.05, 3.63) is 70.6 Å². The minimum Gasteiger partial charge on any atom is -0.452 e. The van der Waals surface area contributed by atoms with Gasteiger partial charge in [0.1, 0.15) is 0 Å². The van der Waals surface area contributed by atoms with Gasteiger partial charge in [-0.3, -0.25) is 24.6 Å². The van der Waals surface area contributed by atoms with Crippen LogP contribution in [0, 0.1) is 0 Å². The van der Waals surface area contributed by atoms with E-state index < -0.39 is 18.5 Å². The number of aryl methyl sites for hydroxylation is 1. The van der Waals surface area contributed by atoms with E-state index in [2.05, 4.69) is 17.2 Å². The maximum atomic E-state index is 12.4. The second-order valence-corrected chi connectivity index (χ2v) is 9.23. The van der Waals surface area contributed by atoms with Gasteiger partial charge in [0.25, 0.3) is 11.1 Å². The predicted octanol–water partition coefficient (Wildman–Crippen LogP) is 4.36. The molecule has 1 aromatic heterocycles. The molecule has 2 aromatic carbocycles. The van der Waals surface area contributed by atoms with Crippen molar-refractivity contribution in [2.24, 2.45) is 0 Å². The third-order valence-corrected chi connectivity index (χ3v) is 6.70. The number of hydrogen-bond acceptors (Lipinski definition) is 8. The number of anilines is 1. The molecular formula is C24H21N3O5S2. The quantitative estimate of drug-likeness (QED) is 0.463. The number of aromatic nitrogens is 1. The number of nitrogens with one attached hydrogen (secondary N) is 1. The van der Waals surface area contributed by atoms with Crippen molar-refractivity contribution in [3.63, 3.8) is 0 Å². The van der Waals surface area contributed by atoms with Crippen LogP contribution < -0.4 is 5.32 Å².